The fourth-order valence-electron chi connectivity index (χ4n) is 7.87. The van der Waals surface area contributed by atoms with E-state index in [0.717, 1.165) is 46.2 Å². The Bertz CT molecular complexity index is 1240. The lowest BCUT2D eigenvalue weighted by Gasteiger charge is -2.25. The second-order valence-corrected chi connectivity index (χ2v) is 16.7. The zero-order valence-corrected chi connectivity index (χ0v) is 44.0. The van der Waals surface area contributed by atoms with Gasteiger partial charge in [0.2, 0.25) is 0 Å². The van der Waals surface area contributed by atoms with Gasteiger partial charge in [-0.25, -0.2) is 0 Å². The van der Waals surface area contributed by atoms with Crippen LogP contribution in [0.2, 0.25) is 0 Å². The minimum Gasteiger partial charge on any atom is -0.400 e. The Kier molecular flexibility index (Phi) is 42.7. The normalized spacial score (nSPS) is 24.1. The predicted octanol–water partition coefficient (Wildman–Crippen LogP) is 5.03. The minimum absolute atomic E-state index is 0.00523. The summed E-state index contributed by atoms with van der Waals surface area (Å²) in [5, 5.41) is 61.4. The van der Waals surface area contributed by atoms with E-state index >= 15 is 0 Å². The number of methoxy groups -OCH3 is 7. The summed E-state index contributed by atoms with van der Waals surface area (Å²) in [6.07, 6.45) is 13.9. The molecule has 394 valence electrons. The van der Waals surface area contributed by atoms with Crippen LogP contribution in [0.3, 0.4) is 0 Å². The fourth-order valence-corrected chi connectivity index (χ4v) is 7.87. The van der Waals surface area contributed by atoms with Gasteiger partial charge >= 0.3 is 0 Å². The molecule has 17 unspecified atom stereocenters. The summed E-state index contributed by atoms with van der Waals surface area (Å²) < 4.78 is 49.1. The first kappa shape index (κ1) is 68.6. The van der Waals surface area contributed by atoms with Crippen LogP contribution in [0.5, 0.6) is 0 Å². The second-order valence-electron chi connectivity index (χ2n) is 16.7. The molecule has 2 fully saturated rings. The molecule has 0 amide bonds. The third-order valence-electron chi connectivity index (χ3n) is 12.3. The van der Waals surface area contributed by atoms with Crippen LogP contribution in [-0.2, 0) is 42.6 Å². The molecule has 0 bridgehead atoms. The lowest BCUT2D eigenvalue weighted by Crippen LogP contribution is -2.33. The molecule has 17 atom stereocenters. The molecule has 0 radical (unpaired) electrons. The topological polar surface area (TPSA) is 231 Å². The van der Waals surface area contributed by atoms with Crippen molar-refractivity contribution in [1.82, 2.24) is 0 Å². The largest absolute Gasteiger partial charge is 0.400 e. The Morgan fingerprint density at radius 1 is 0.500 bits per heavy atom. The van der Waals surface area contributed by atoms with Crippen molar-refractivity contribution in [3.63, 3.8) is 0 Å². The quantitative estimate of drug-likeness (QED) is 0.0275. The average molecular weight is 955 g/mol. The molecule has 0 aliphatic carbocycles. The summed E-state index contributed by atoms with van der Waals surface area (Å²) in [4.78, 5) is 0. The third kappa shape index (κ3) is 26.3. The van der Waals surface area contributed by atoms with Crippen molar-refractivity contribution in [3.8, 4) is 0 Å². The van der Waals surface area contributed by atoms with Gasteiger partial charge < -0.3 is 78.4 Å². The van der Waals surface area contributed by atoms with Crippen LogP contribution >= 0.6 is 0 Å². The first-order chi connectivity index (χ1) is 31.5. The summed E-state index contributed by atoms with van der Waals surface area (Å²) in [7, 11) is 14.4. The van der Waals surface area contributed by atoms with E-state index in [1.165, 1.54) is 12.7 Å². The number of rotatable bonds is 31. The maximum atomic E-state index is 10.6. The lowest BCUT2D eigenvalue weighted by atomic mass is 9.91. The standard InChI is InChI=1S/C24H44O7.C23H42O6.3CH4O/c1-9-19(28-6)17(4)22-23(31-22)21(25)16(3)12-10-11-15(2)13-18(27-5)14-20(29-7)24(26)30-8;1-8-20(28-7)17(4)22-23(29-22)21(25)16(3)11-9-10-15(2)12-18(26-5)13-19(14-24)27-6;3*1-2/h10-12,16-26H,9,13-14H2,1-8H3;9-11,16-25H,8,12-14H2,1-7H3;3*2H,1H3/b12-10+,15-11+;11-9+,15-10+;;;. The van der Waals surface area contributed by atoms with Gasteiger partial charge in [0.05, 0.1) is 61.5 Å². The maximum absolute atomic E-state index is 10.6. The molecule has 2 rings (SSSR count). The highest BCUT2D eigenvalue weighted by atomic mass is 16.6. The van der Waals surface area contributed by atoms with Gasteiger partial charge in [-0.15, -0.1) is 0 Å². The monoisotopic (exact) mass is 955 g/mol. The minimum atomic E-state index is -0.984. The molecule has 16 nitrogen and oxygen atoms in total. The number of hydrogen-bond acceptors (Lipinski definition) is 16. The van der Waals surface area contributed by atoms with Gasteiger partial charge in [0.15, 0.2) is 6.29 Å². The van der Waals surface area contributed by atoms with Crippen LogP contribution in [0.4, 0.5) is 0 Å². The Morgan fingerprint density at radius 2 is 0.848 bits per heavy atom. The molecule has 16 heteroatoms. The van der Waals surface area contributed by atoms with E-state index in [2.05, 4.69) is 34.6 Å². The number of ether oxygens (including phenoxy) is 9. The number of aliphatic hydroxyl groups excluding tert-OH is 7. The van der Waals surface area contributed by atoms with E-state index in [-0.39, 0.29) is 85.2 Å². The zero-order chi connectivity index (χ0) is 51.5. The zero-order valence-electron chi connectivity index (χ0n) is 44.0. The molecule has 66 heavy (non-hydrogen) atoms. The average Bonchev–Trinajstić information content (AvgIpc) is 4.29. The Balaban J connectivity index is -0.00000108. The van der Waals surface area contributed by atoms with Crippen LogP contribution in [0.1, 0.15) is 93.9 Å². The molecule has 0 aromatic heterocycles. The number of aliphatic hydroxyl groups is 7. The Morgan fingerprint density at radius 3 is 1.14 bits per heavy atom. The fraction of sp³-hybridized carbons (Fsp3) is 0.840. The van der Waals surface area contributed by atoms with Crippen LogP contribution in [-0.4, -0.2) is 193 Å². The van der Waals surface area contributed by atoms with Gasteiger partial charge in [-0.2, -0.15) is 0 Å². The van der Waals surface area contributed by atoms with Gasteiger partial charge in [-0.3, -0.25) is 0 Å². The molecule has 0 aromatic carbocycles. The van der Waals surface area contributed by atoms with Crippen molar-refractivity contribution in [2.45, 2.75) is 173 Å². The highest BCUT2D eigenvalue weighted by Gasteiger charge is 2.51. The van der Waals surface area contributed by atoms with Crippen molar-refractivity contribution in [3.05, 3.63) is 47.6 Å². The van der Waals surface area contributed by atoms with Gasteiger partial charge in [0, 0.05) is 108 Å². The van der Waals surface area contributed by atoms with E-state index in [0.29, 0.717) is 19.3 Å². The lowest BCUT2D eigenvalue weighted by molar-refractivity contribution is -0.164. The molecule has 2 aliphatic rings. The van der Waals surface area contributed by atoms with Crippen molar-refractivity contribution in [1.29, 1.82) is 0 Å². The number of allylic oxidation sites excluding steroid dienone is 4. The third-order valence-corrected chi connectivity index (χ3v) is 12.3. The SMILES string of the molecule is CCC(OC)C(C)C1OC1C(O)C(C)/C=C/C=C(\C)CC(CC(CO)OC)OC.CCC(OC)C(C)C1OC1C(O)C(C)/C=C/C=C(\C)CC(CC(OC)C(O)OC)OC.CO.CO.CO. The van der Waals surface area contributed by atoms with Gasteiger partial charge in [0.25, 0.3) is 0 Å². The molecule has 0 aromatic rings. The molecule has 2 aliphatic heterocycles. The van der Waals surface area contributed by atoms with Gasteiger partial charge in [-0.1, -0.05) is 89.1 Å². The van der Waals surface area contributed by atoms with Crippen molar-refractivity contribution in [2.75, 3.05) is 77.7 Å². The molecule has 2 heterocycles. The van der Waals surface area contributed by atoms with Crippen LogP contribution in [0.25, 0.3) is 0 Å². The smallest absolute Gasteiger partial charge is 0.180 e. The van der Waals surface area contributed by atoms with Crippen molar-refractivity contribution >= 4 is 0 Å². The predicted molar refractivity (Wildman–Crippen MR) is 260 cm³/mol. The van der Waals surface area contributed by atoms with Gasteiger partial charge in [-0.05, 0) is 39.5 Å². The van der Waals surface area contributed by atoms with E-state index < -0.39 is 24.6 Å². The molecule has 0 saturated carbocycles. The van der Waals surface area contributed by atoms with Crippen molar-refractivity contribution < 1.29 is 78.4 Å². The Labute approximate surface area is 399 Å². The first-order valence-corrected chi connectivity index (χ1v) is 23.2. The highest BCUT2D eigenvalue weighted by Crippen LogP contribution is 2.38. The Hall–Kier alpha value is -1.68. The highest BCUT2D eigenvalue weighted by molar-refractivity contribution is 5.15. The van der Waals surface area contributed by atoms with Crippen LogP contribution in [0, 0.1) is 23.7 Å². The van der Waals surface area contributed by atoms with E-state index in [4.69, 9.17) is 58.0 Å². The maximum Gasteiger partial charge on any atom is 0.180 e. The molecular weight excluding hydrogens is 857 g/mol. The molecule has 0 spiro atoms. The van der Waals surface area contributed by atoms with E-state index in [1.807, 2.05) is 57.2 Å². The summed E-state index contributed by atoms with van der Waals surface area (Å²) >= 11 is 0. The summed E-state index contributed by atoms with van der Waals surface area (Å²) in [6, 6.07) is 0. The number of epoxide rings is 2. The number of hydrogen-bond donors (Lipinski definition) is 7. The van der Waals surface area contributed by atoms with Crippen LogP contribution < -0.4 is 0 Å². The second kappa shape index (κ2) is 41.1. The van der Waals surface area contributed by atoms with E-state index in [1.54, 1.807) is 42.7 Å². The summed E-state index contributed by atoms with van der Waals surface area (Å²) in [5.41, 5.74) is 2.30. The van der Waals surface area contributed by atoms with Crippen LogP contribution in [0.15, 0.2) is 47.6 Å². The molecular formula is C50H98O16. The molecule has 7 N–H and O–H groups in total. The summed E-state index contributed by atoms with van der Waals surface area (Å²) in [5.74, 6) is 0.492. The van der Waals surface area contributed by atoms with Gasteiger partial charge in [0.1, 0.15) is 18.3 Å². The summed E-state index contributed by atoms with van der Waals surface area (Å²) in [6.45, 7) is 16.5. The van der Waals surface area contributed by atoms with Crippen molar-refractivity contribution in [2.24, 2.45) is 23.7 Å². The van der Waals surface area contributed by atoms with E-state index in [9.17, 15) is 20.4 Å². The molecule has 2 saturated heterocycles. The first-order valence-electron chi connectivity index (χ1n) is 23.2.